The predicted molar refractivity (Wildman–Crippen MR) is 44.4 cm³/mol. The van der Waals surface area contributed by atoms with Crippen molar-refractivity contribution in [2.24, 2.45) is 0 Å². The number of nitrogens with zero attached hydrogens (tertiary/aromatic N) is 2. The monoisotopic (exact) mass is 151 g/mol. The van der Waals surface area contributed by atoms with Crippen LogP contribution in [0.3, 0.4) is 0 Å². The number of aryl methyl sites for hydroxylation is 1. The van der Waals surface area contributed by atoms with Gasteiger partial charge in [0, 0.05) is 5.56 Å². The normalized spacial score (nSPS) is 17.3. The Morgan fingerprint density at radius 2 is 2.09 bits per heavy atom. The van der Waals surface area contributed by atoms with Gasteiger partial charge >= 0.3 is 0 Å². The van der Waals surface area contributed by atoms with E-state index in [-0.39, 0.29) is 0 Å². The molecule has 1 saturated carbocycles. The Morgan fingerprint density at radius 3 is 2.45 bits per heavy atom. The van der Waals surface area contributed by atoms with Crippen molar-refractivity contribution in [3.05, 3.63) is 11.3 Å². The Kier molecular flexibility index (Phi) is 1.22. The number of nitrogens with two attached hydrogens (primary N) is 1. The van der Waals surface area contributed by atoms with Gasteiger partial charge in [0.25, 0.3) is 0 Å². The summed E-state index contributed by atoms with van der Waals surface area (Å²) in [7, 11) is 0. The summed E-state index contributed by atoms with van der Waals surface area (Å²) >= 11 is 0. The Balaban J connectivity index is 2.46. The smallest absolute Gasteiger partial charge is 0.125 e. The van der Waals surface area contributed by atoms with Gasteiger partial charge in [-0.1, -0.05) is 0 Å². The summed E-state index contributed by atoms with van der Waals surface area (Å²) in [5.74, 6) is 0.852. The first kappa shape index (κ1) is 6.70. The molecule has 0 unspecified atom stereocenters. The molecule has 1 fully saturated rings. The second-order valence-electron chi connectivity index (χ2n) is 3.27. The maximum absolute atomic E-state index is 5.84. The molecule has 1 aromatic heterocycles. The van der Waals surface area contributed by atoms with Crippen LogP contribution in [0.1, 0.15) is 30.1 Å². The third-order valence-corrected chi connectivity index (χ3v) is 2.32. The van der Waals surface area contributed by atoms with Crippen molar-refractivity contribution < 1.29 is 0 Å². The number of hydrogen-bond acceptors (Lipinski definition) is 2. The lowest BCUT2D eigenvalue weighted by Gasteiger charge is -1.99. The van der Waals surface area contributed by atoms with Crippen LogP contribution in [0.15, 0.2) is 0 Å². The van der Waals surface area contributed by atoms with Gasteiger partial charge in [0.1, 0.15) is 5.82 Å². The van der Waals surface area contributed by atoms with Crippen molar-refractivity contribution in [3.8, 4) is 0 Å². The van der Waals surface area contributed by atoms with E-state index in [9.17, 15) is 0 Å². The fourth-order valence-electron chi connectivity index (χ4n) is 1.25. The molecule has 0 radical (unpaired) electrons. The van der Waals surface area contributed by atoms with Crippen LogP contribution in [0.4, 0.5) is 5.82 Å². The highest BCUT2D eigenvalue weighted by Gasteiger charge is 2.27. The van der Waals surface area contributed by atoms with Crippen LogP contribution >= 0.6 is 0 Å². The van der Waals surface area contributed by atoms with Gasteiger partial charge < -0.3 is 5.73 Å². The van der Waals surface area contributed by atoms with Crippen LogP contribution in [-0.2, 0) is 0 Å². The second kappa shape index (κ2) is 2.00. The van der Waals surface area contributed by atoms with Crippen molar-refractivity contribution in [2.75, 3.05) is 5.73 Å². The minimum Gasteiger partial charge on any atom is -0.384 e. The fraction of sp³-hybridized carbons (Fsp3) is 0.625. The van der Waals surface area contributed by atoms with E-state index in [0.717, 1.165) is 17.1 Å². The highest BCUT2D eigenvalue weighted by molar-refractivity contribution is 5.42. The van der Waals surface area contributed by atoms with Crippen LogP contribution in [0.25, 0.3) is 0 Å². The zero-order valence-corrected chi connectivity index (χ0v) is 6.96. The van der Waals surface area contributed by atoms with Gasteiger partial charge in [0.2, 0.25) is 0 Å². The van der Waals surface area contributed by atoms with E-state index in [1.54, 1.807) is 0 Å². The van der Waals surface area contributed by atoms with Crippen LogP contribution in [0.5, 0.6) is 0 Å². The fourth-order valence-corrected chi connectivity index (χ4v) is 1.25. The molecule has 2 rings (SSSR count). The molecule has 0 bridgehead atoms. The molecule has 0 aliphatic heterocycles. The van der Waals surface area contributed by atoms with Crippen LogP contribution in [-0.4, -0.2) is 9.78 Å². The Labute approximate surface area is 66.2 Å². The lowest BCUT2D eigenvalue weighted by atomic mass is 10.3. The molecule has 0 amide bonds. The van der Waals surface area contributed by atoms with Crippen molar-refractivity contribution in [1.82, 2.24) is 9.78 Å². The second-order valence-corrected chi connectivity index (χ2v) is 3.27. The predicted octanol–water partition coefficient (Wildman–Crippen LogP) is 1.42. The average Bonchev–Trinajstić information content (AvgIpc) is 2.76. The lowest BCUT2D eigenvalue weighted by molar-refractivity contribution is 0.645. The van der Waals surface area contributed by atoms with Gasteiger partial charge in [-0.15, -0.1) is 0 Å². The SMILES string of the molecule is Cc1nn(C2CC2)c(N)c1C. The minimum absolute atomic E-state index is 0.599. The van der Waals surface area contributed by atoms with Gasteiger partial charge in [0.05, 0.1) is 11.7 Å². The minimum atomic E-state index is 0.599. The molecule has 3 heteroatoms. The third-order valence-electron chi connectivity index (χ3n) is 2.32. The van der Waals surface area contributed by atoms with Crippen molar-refractivity contribution in [3.63, 3.8) is 0 Å². The van der Waals surface area contributed by atoms with Crippen molar-refractivity contribution >= 4 is 5.82 Å². The number of aromatic nitrogens is 2. The lowest BCUT2D eigenvalue weighted by Crippen LogP contribution is -2.02. The topological polar surface area (TPSA) is 43.8 Å². The number of rotatable bonds is 1. The van der Waals surface area contributed by atoms with E-state index in [2.05, 4.69) is 5.10 Å². The molecular weight excluding hydrogens is 138 g/mol. The quantitative estimate of drug-likeness (QED) is 0.659. The van der Waals surface area contributed by atoms with E-state index in [4.69, 9.17) is 5.73 Å². The maximum atomic E-state index is 5.84. The number of anilines is 1. The summed E-state index contributed by atoms with van der Waals surface area (Å²) in [4.78, 5) is 0. The summed E-state index contributed by atoms with van der Waals surface area (Å²) in [6, 6.07) is 0.599. The van der Waals surface area contributed by atoms with Crippen LogP contribution < -0.4 is 5.73 Å². The van der Waals surface area contributed by atoms with Crippen molar-refractivity contribution in [1.29, 1.82) is 0 Å². The van der Waals surface area contributed by atoms with Gasteiger partial charge in [-0.05, 0) is 26.7 Å². The molecular formula is C8H13N3. The Bertz CT molecular complexity index is 284. The van der Waals surface area contributed by atoms with E-state index in [1.807, 2.05) is 18.5 Å². The first-order chi connectivity index (χ1) is 5.20. The zero-order chi connectivity index (χ0) is 8.01. The molecule has 1 aromatic rings. The average molecular weight is 151 g/mol. The summed E-state index contributed by atoms with van der Waals surface area (Å²) in [6.07, 6.45) is 2.48. The van der Waals surface area contributed by atoms with Gasteiger partial charge in [-0.25, -0.2) is 4.68 Å². The first-order valence-electron chi connectivity index (χ1n) is 4.01. The molecule has 60 valence electrons. The highest BCUT2D eigenvalue weighted by Crippen LogP contribution is 2.37. The Hall–Kier alpha value is -0.990. The van der Waals surface area contributed by atoms with E-state index < -0.39 is 0 Å². The van der Waals surface area contributed by atoms with Crippen LogP contribution in [0.2, 0.25) is 0 Å². The molecule has 2 N–H and O–H groups in total. The number of hydrogen-bond donors (Lipinski definition) is 1. The van der Waals surface area contributed by atoms with Gasteiger partial charge in [0.15, 0.2) is 0 Å². The maximum Gasteiger partial charge on any atom is 0.125 e. The molecule has 3 nitrogen and oxygen atoms in total. The largest absolute Gasteiger partial charge is 0.384 e. The number of nitrogen functional groups attached to an aromatic ring is 1. The van der Waals surface area contributed by atoms with E-state index in [0.29, 0.717) is 6.04 Å². The summed E-state index contributed by atoms with van der Waals surface area (Å²) in [5, 5.41) is 4.36. The van der Waals surface area contributed by atoms with E-state index >= 15 is 0 Å². The van der Waals surface area contributed by atoms with Gasteiger partial charge in [-0.3, -0.25) is 0 Å². The highest BCUT2D eigenvalue weighted by atomic mass is 15.3. The van der Waals surface area contributed by atoms with Crippen molar-refractivity contribution in [2.45, 2.75) is 32.7 Å². The molecule has 11 heavy (non-hydrogen) atoms. The molecule has 0 saturated heterocycles. The molecule has 1 aliphatic rings. The third kappa shape index (κ3) is 0.914. The van der Waals surface area contributed by atoms with Gasteiger partial charge in [-0.2, -0.15) is 5.10 Å². The molecule has 0 aromatic carbocycles. The van der Waals surface area contributed by atoms with Crippen LogP contribution in [0, 0.1) is 13.8 Å². The first-order valence-corrected chi connectivity index (χ1v) is 4.01. The summed E-state index contributed by atoms with van der Waals surface area (Å²) < 4.78 is 1.96. The molecule has 0 spiro atoms. The zero-order valence-electron chi connectivity index (χ0n) is 6.96. The molecule has 0 atom stereocenters. The Morgan fingerprint density at radius 1 is 1.45 bits per heavy atom. The standard InChI is InChI=1S/C8H13N3/c1-5-6(2)10-11(8(5)9)7-3-4-7/h7H,3-4,9H2,1-2H3. The molecule has 1 aliphatic carbocycles. The summed E-state index contributed by atoms with van der Waals surface area (Å²) in [5.41, 5.74) is 8.05. The summed E-state index contributed by atoms with van der Waals surface area (Å²) in [6.45, 7) is 4.03. The molecule has 1 heterocycles. The van der Waals surface area contributed by atoms with E-state index in [1.165, 1.54) is 12.8 Å².